The highest BCUT2D eigenvalue weighted by molar-refractivity contribution is 7.98. The smallest absolute Gasteiger partial charge is 0.331 e. The van der Waals surface area contributed by atoms with Crippen LogP contribution in [0.15, 0.2) is 34.7 Å². The van der Waals surface area contributed by atoms with E-state index in [0.29, 0.717) is 17.7 Å². The van der Waals surface area contributed by atoms with Gasteiger partial charge in [-0.25, -0.2) is 4.79 Å². The summed E-state index contributed by atoms with van der Waals surface area (Å²) in [5.41, 5.74) is 1.07. The van der Waals surface area contributed by atoms with Crippen LogP contribution < -0.4 is 9.47 Å². The molecule has 0 saturated heterocycles. The van der Waals surface area contributed by atoms with E-state index in [-0.39, 0.29) is 0 Å². The summed E-state index contributed by atoms with van der Waals surface area (Å²) in [7, 11) is 3.22. The van der Waals surface area contributed by atoms with Crippen molar-refractivity contribution in [3.63, 3.8) is 0 Å². The number of hydrogen-bond acceptors (Lipinski definition) is 4. The second-order valence-electron chi connectivity index (χ2n) is 4.89. The van der Waals surface area contributed by atoms with Crippen LogP contribution in [-0.2, 0) is 4.79 Å². The highest BCUT2D eigenvalue weighted by Crippen LogP contribution is 2.45. The van der Waals surface area contributed by atoms with Gasteiger partial charge in [-0.3, -0.25) is 0 Å². The summed E-state index contributed by atoms with van der Waals surface area (Å²) in [5, 5.41) is 11.2. The molecule has 0 spiro atoms. The van der Waals surface area contributed by atoms with E-state index in [9.17, 15) is 9.90 Å². The first-order chi connectivity index (χ1) is 11.1. The second kappa shape index (κ2) is 7.42. The third kappa shape index (κ3) is 3.15. The lowest BCUT2D eigenvalue weighted by Crippen LogP contribution is -2.01. The van der Waals surface area contributed by atoms with E-state index in [2.05, 4.69) is 0 Å². The van der Waals surface area contributed by atoms with E-state index in [1.54, 1.807) is 20.3 Å². The zero-order valence-corrected chi connectivity index (χ0v) is 14.5. The van der Waals surface area contributed by atoms with Crippen molar-refractivity contribution in [3.05, 3.63) is 35.4 Å². The van der Waals surface area contributed by atoms with Crippen molar-refractivity contribution in [2.75, 3.05) is 20.5 Å². The molecular weight excluding hydrogens is 312 g/mol. The van der Waals surface area contributed by atoms with Crippen molar-refractivity contribution in [3.8, 4) is 11.5 Å². The highest BCUT2D eigenvalue weighted by atomic mass is 32.2. The van der Waals surface area contributed by atoms with Gasteiger partial charge in [0.2, 0.25) is 0 Å². The van der Waals surface area contributed by atoms with Crippen molar-refractivity contribution < 1.29 is 19.4 Å². The fraction of sp³-hybridized carbons (Fsp3) is 0.278. The quantitative estimate of drug-likeness (QED) is 0.625. The van der Waals surface area contributed by atoms with Crippen molar-refractivity contribution >= 4 is 34.6 Å². The summed E-state index contributed by atoms with van der Waals surface area (Å²) in [6.45, 7) is 1.82. The van der Waals surface area contributed by atoms with Gasteiger partial charge in [0.15, 0.2) is 0 Å². The summed E-state index contributed by atoms with van der Waals surface area (Å²) < 4.78 is 11.2. The van der Waals surface area contributed by atoms with Crippen LogP contribution in [-0.4, -0.2) is 31.6 Å². The number of aliphatic carboxylic acids is 1. The monoisotopic (exact) mass is 332 g/mol. The van der Waals surface area contributed by atoms with Gasteiger partial charge in [0.25, 0.3) is 0 Å². The predicted molar refractivity (Wildman–Crippen MR) is 94.7 cm³/mol. The Balaban J connectivity index is 2.94. The molecule has 0 amide bonds. The van der Waals surface area contributed by atoms with E-state index in [4.69, 9.17) is 9.47 Å². The number of benzene rings is 2. The van der Waals surface area contributed by atoms with Gasteiger partial charge in [-0.2, -0.15) is 0 Å². The van der Waals surface area contributed by atoms with E-state index >= 15 is 0 Å². The SMILES string of the molecule is CC/C(=C\c1c(SC)c(OC)c2ccccc2c1OC)C(=O)O. The molecule has 0 aliphatic heterocycles. The average Bonchev–Trinajstić information content (AvgIpc) is 2.57. The molecule has 1 N–H and O–H groups in total. The molecular formula is C18H20O4S. The lowest BCUT2D eigenvalue weighted by Gasteiger charge is -2.18. The summed E-state index contributed by atoms with van der Waals surface area (Å²) >= 11 is 1.51. The van der Waals surface area contributed by atoms with Gasteiger partial charge in [0.1, 0.15) is 11.5 Å². The van der Waals surface area contributed by atoms with Crippen LogP contribution >= 0.6 is 11.8 Å². The highest BCUT2D eigenvalue weighted by Gasteiger charge is 2.20. The van der Waals surface area contributed by atoms with Gasteiger partial charge in [0.05, 0.1) is 19.1 Å². The van der Waals surface area contributed by atoms with Crippen LogP contribution in [0.3, 0.4) is 0 Å². The average molecular weight is 332 g/mol. The van der Waals surface area contributed by atoms with Crippen LogP contribution in [0.25, 0.3) is 16.8 Å². The van der Waals surface area contributed by atoms with E-state index in [1.165, 1.54) is 11.8 Å². The number of rotatable bonds is 6. The molecule has 5 heteroatoms. The van der Waals surface area contributed by atoms with Gasteiger partial charge < -0.3 is 14.6 Å². The van der Waals surface area contributed by atoms with Crippen molar-refractivity contribution in [2.24, 2.45) is 0 Å². The standard InChI is InChI=1S/C18H20O4S/c1-5-11(18(19)20)10-14-15(21-2)12-8-6-7-9-13(12)16(22-3)17(14)23-4/h6-10H,5H2,1-4H3,(H,19,20)/b11-10+. The maximum Gasteiger partial charge on any atom is 0.331 e. The van der Waals surface area contributed by atoms with Gasteiger partial charge in [0, 0.05) is 21.9 Å². The first-order valence-electron chi connectivity index (χ1n) is 7.23. The molecule has 4 nitrogen and oxygen atoms in total. The van der Waals surface area contributed by atoms with Crippen LogP contribution in [0.1, 0.15) is 18.9 Å². The molecule has 23 heavy (non-hydrogen) atoms. The number of carbonyl (C=O) groups is 1. The van der Waals surface area contributed by atoms with Gasteiger partial charge in [-0.1, -0.05) is 31.2 Å². The molecule has 2 aromatic carbocycles. The van der Waals surface area contributed by atoms with Gasteiger partial charge >= 0.3 is 5.97 Å². The van der Waals surface area contributed by atoms with Crippen LogP contribution in [0, 0.1) is 0 Å². The van der Waals surface area contributed by atoms with E-state index in [1.807, 2.05) is 37.4 Å². The Bertz CT molecular complexity index is 765. The Morgan fingerprint density at radius 2 is 1.74 bits per heavy atom. The minimum absolute atomic E-state index is 0.330. The van der Waals surface area contributed by atoms with Crippen molar-refractivity contribution in [2.45, 2.75) is 18.2 Å². The lowest BCUT2D eigenvalue weighted by atomic mass is 10.0. The molecule has 0 heterocycles. The molecule has 122 valence electrons. The number of methoxy groups -OCH3 is 2. The Kier molecular flexibility index (Phi) is 5.55. The summed E-state index contributed by atoms with van der Waals surface area (Å²) in [6.07, 6.45) is 4.05. The van der Waals surface area contributed by atoms with E-state index < -0.39 is 5.97 Å². The van der Waals surface area contributed by atoms with Crippen LogP contribution in [0.4, 0.5) is 0 Å². The van der Waals surface area contributed by atoms with Gasteiger partial charge in [-0.05, 0) is 18.8 Å². The van der Waals surface area contributed by atoms with Crippen LogP contribution in [0.2, 0.25) is 0 Å². The molecule has 0 aliphatic rings. The van der Waals surface area contributed by atoms with E-state index in [0.717, 1.165) is 27.0 Å². The van der Waals surface area contributed by atoms with Crippen molar-refractivity contribution in [1.82, 2.24) is 0 Å². The molecule has 0 aliphatic carbocycles. The fourth-order valence-corrected chi connectivity index (χ4v) is 3.37. The van der Waals surface area contributed by atoms with Crippen molar-refractivity contribution in [1.29, 1.82) is 0 Å². The molecule has 2 aromatic rings. The third-order valence-electron chi connectivity index (χ3n) is 3.70. The zero-order valence-electron chi connectivity index (χ0n) is 13.7. The molecule has 2 rings (SSSR count). The number of fused-ring (bicyclic) bond motifs is 1. The normalized spacial score (nSPS) is 11.6. The summed E-state index contributed by atoms with van der Waals surface area (Å²) in [4.78, 5) is 12.3. The number of carboxylic acids is 1. The third-order valence-corrected chi connectivity index (χ3v) is 4.51. The number of ether oxygens (including phenoxy) is 2. The lowest BCUT2D eigenvalue weighted by molar-refractivity contribution is -0.132. The Hall–Kier alpha value is -2.14. The fourth-order valence-electron chi connectivity index (χ4n) is 2.62. The Labute approximate surface area is 140 Å². The largest absolute Gasteiger partial charge is 0.495 e. The summed E-state index contributed by atoms with van der Waals surface area (Å²) in [6, 6.07) is 7.79. The first-order valence-corrected chi connectivity index (χ1v) is 8.45. The minimum atomic E-state index is -0.922. The molecule has 0 atom stereocenters. The first kappa shape index (κ1) is 17.2. The number of carboxylic acid groups (broad SMARTS) is 1. The maximum atomic E-state index is 11.4. The number of thioether (sulfide) groups is 1. The molecule has 0 unspecified atom stereocenters. The Morgan fingerprint density at radius 1 is 1.17 bits per heavy atom. The minimum Gasteiger partial charge on any atom is -0.495 e. The molecule has 0 fully saturated rings. The molecule has 0 radical (unpaired) electrons. The zero-order chi connectivity index (χ0) is 17.0. The predicted octanol–water partition coefficient (Wildman–Crippen LogP) is 4.46. The Morgan fingerprint density at radius 3 is 2.17 bits per heavy atom. The molecule has 0 saturated carbocycles. The number of hydrogen-bond donors (Lipinski definition) is 1. The summed E-state index contributed by atoms with van der Waals surface area (Å²) in [5.74, 6) is 0.479. The van der Waals surface area contributed by atoms with Gasteiger partial charge in [-0.15, -0.1) is 11.8 Å². The van der Waals surface area contributed by atoms with Crippen LogP contribution in [0.5, 0.6) is 11.5 Å². The maximum absolute atomic E-state index is 11.4. The molecule has 0 aromatic heterocycles. The molecule has 0 bridgehead atoms. The second-order valence-corrected chi connectivity index (χ2v) is 5.70. The topological polar surface area (TPSA) is 55.8 Å².